The van der Waals surface area contributed by atoms with E-state index in [0.29, 0.717) is 28.3 Å². The second-order valence-electron chi connectivity index (χ2n) is 7.31. The molecule has 0 bridgehead atoms. The van der Waals surface area contributed by atoms with Crippen molar-refractivity contribution >= 4 is 38.5 Å². The summed E-state index contributed by atoms with van der Waals surface area (Å²) < 4.78 is 45.6. The van der Waals surface area contributed by atoms with Gasteiger partial charge >= 0.3 is 0 Å². The summed E-state index contributed by atoms with van der Waals surface area (Å²) in [6.07, 6.45) is 2.90. The molecule has 0 radical (unpaired) electrons. The molecule has 1 atom stereocenters. The first-order chi connectivity index (χ1) is 14.6. The standard InChI is InChI=1S/C19H20FN7O3S/c1-19(9-31(28,29)27(2)18(21)26-19)13-6-11(4-5-14(13)20)25-17-16-15(23-10-24-17)7-12(30-3)8-22-16/h4-8,10H,9H2,1-3H3,(H2,21,26)(H,23,24,25)/t19-/m0/s1. The molecule has 0 spiro atoms. The topological polar surface area (TPSA) is 133 Å². The first-order valence-corrected chi connectivity index (χ1v) is 10.8. The van der Waals surface area contributed by atoms with Crippen LogP contribution in [-0.4, -0.2) is 53.5 Å². The molecule has 3 aromatic rings. The van der Waals surface area contributed by atoms with Crippen LogP contribution < -0.4 is 15.4 Å². The molecule has 10 nitrogen and oxygen atoms in total. The Labute approximate surface area is 178 Å². The number of anilines is 2. The van der Waals surface area contributed by atoms with Crippen molar-refractivity contribution in [2.75, 3.05) is 25.2 Å². The summed E-state index contributed by atoms with van der Waals surface area (Å²) >= 11 is 0. The summed E-state index contributed by atoms with van der Waals surface area (Å²) in [4.78, 5) is 12.7. The predicted molar refractivity (Wildman–Crippen MR) is 113 cm³/mol. The molecule has 1 aliphatic rings. The summed E-state index contributed by atoms with van der Waals surface area (Å²) in [5, 5.41) is 13.8. The van der Waals surface area contributed by atoms with Gasteiger partial charge in [0.25, 0.3) is 0 Å². The third-order valence-corrected chi connectivity index (χ3v) is 7.07. The van der Waals surface area contributed by atoms with Gasteiger partial charge in [-0.15, -0.1) is 0 Å². The number of ether oxygens (including phenoxy) is 1. The monoisotopic (exact) mass is 445 g/mol. The minimum Gasteiger partial charge on any atom is -0.495 e. The Morgan fingerprint density at radius 2 is 2.06 bits per heavy atom. The van der Waals surface area contributed by atoms with Crippen molar-refractivity contribution in [3.63, 3.8) is 0 Å². The van der Waals surface area contributed by atoms with Crippen molar-refractivity contribution in [1.82, 2.24) is 24.6 Å². The summed E-state index contributed by atoms with van der Waals surface area (Å²) in [5.41, 5.74) is 0.292. The van der Waals surface area contributed by atoms with E-state index in [-0.39, 0.29) is 11.5 Å². The van der Waals surface area contributed by atoms with Crippen molar-refractivity contribution in [2.45, 2.75) is 12.5 Å². The molecule has 0 unspecified atom stereocenters. The molecule has 31 heavy (non-hydrogen) atoms. The van der Waals surface area contributed by atoms with Gasteiger partial charge in [-0.25, -0.2) is 32.1 Å². The average molecular weight is 445 g/mol. The molecule has 162 valence electrons. The van der Waals surface area contributed by atoms with Crippen molar-refractivity contribution in [1.29, 1.82) is 5.41 Å². The van der Waals surface area contributed by atoms with Crippen LogP contribution in [0.5, 0.6) is 5.75 Å². The lowest BCUT2D eigenvalue weighted by molar-refractivity contribution is 0.403. The fourth-order valence-electron chi connectivity index (χ4n) is 3.41. The first-order valence-electron chi connectivity index (χ1n) is 9.18. The zero-order valence-corrected chi connectivity index (χ0v) is 17.8. The smallest absolute Gasteiger partial charge is 0.239 e. The molecule has 1 aliphatic heterocycles. The molecular formula is C19H20FN7O3S. The lowest BCUT2D eigenvalue weighted by Gasteiger charge is -2.40. The van der Waals surface area contributed by atoms with Gasteiger partial charge in [0.05, 0.1) is 30.1 Å². The SMILES string of the molecule is COc1cnc2c(Nc3ccc(F)c([C@]4(C)CS(=O)(=O)N(C)C(=N)N4)c3)ncnc2c1. The van der Waals surface area contributed by atoms with Gasteiger partial charge in [-0.3, -0.25) is 5.41 Å². The Morgan fingerprint density at radius 1 is 1.29 bits per heavy atom. The normalized spacial score (nSPS) is 20.4. The van der Waals surface area contributed by atoms with Crippen LogP contribution in [0.1, 0.15) is 12.5 Å². The van der Waals surface area contributed by atoms with Crippen LogP contribution in [0.4, 0.5) is 15.9 Å². The third-order valence-electron chi connectivity index (χ3n) is 5.11. The van der Waals surface area contributed by atoms with Gasteiger partial charge in [-0.2, -0.15) is 0 Å². The van der Waals surface area contributed by atoms with Crippen LogP contribution in [0.2, 0.25) is 0 Å². The highest BCUT2D eigenvalue weighted by Crippen LogP contribution is 2.32. The summed E-state index contributed by atoms with van der Waals surface area (Å²) in [5.74, 6) is -0.384. The fourth-order valence-corrected chi connectivity index (χ4v) is 4.89. The molecule has 2 aromatic heterocycles. The molecule has 0 aliphatic carbocycles. The minimum absolute atomic E-state index is 0.104. The molecule has 0 saturated carbocycles. The van der Waals surface area contributed by atoms with Crippen LogP contribution >= 0.6 is 0 Å². The second-order valence-corrected chi connectivity index (χ2v) is 9.31. The summed E-state index contributed by atoms with van der Waals surface area (Å²) in [7, 11) is -0.966. The van der Waals surface area contributed by atoms with Gasteiger partial charge in [0.1, 0.15) is 23.4 Å². The van der Waals surface area contributed by atoms with E-state index in [0.717, 1.165) is 4.31 Å². The van der Waals surface area contributed by atoms with E-state index < -0.39 is 27.1 Å². The minimum atomic E-state index is -3.77. The number of fused-ring (bicyclic) bond motifs is 1. The lowest BCUT2D eigenvalue weighted by atomic mass is 9.93. The zero-order chi connectivity index (χ0) is 22.4. The maximum atomic E-state index is 14.8. The van der Waals surface area contributed by atoms with Gasteiger partial charge < -0.3 is 15.4 Å². The van der Waals surface area contributed by atoms with Crippen molar-refractivity contribution < 1.29 is 17.5 Å². The number of guanidine groups is 1. The van der Waals surface area contributed by atoms with Crippen LogP contribution in [-0.2, 0) is 15.6 Å². The van der Waals surface area contributed by atoms with Gasteiger partial charge in [0.15, 0.2) is 5.82 Å². The zero-order valence-electron chi connectivity index (χ0n) is 17.0. The van der Waals surface area contributed by atoms with Crippen LogP contribution in [0.25, 0.3) is 11.0 Å². The molecule has 0 amide bonds. The van der Waals surface area contributed by atoms with Crippen LogP contribution in [0, 0.1) is 11.2 Å². The highest BCUT2D eigenvalue weighted by Gasteiger charge is 2.43. The van der Waals surface area contributed by atoms with Gasteiger partial charge in [-0.1, -0.05) is 0 Å². The molecule has 12 heteroatoms. The Balaban J connectivity index is 1.73. The number of hydrogen-bond acceptors (Lipinski definition) is 8. The van der Waals surface area contributed by atoms with E-state index >= 15 is 0 Å². The molecule has 1 aromatic carbocycles. The quantitative estimate of drug-likeness (QED) is 0.555. The molecule has 4 rings (SSSR count). The fraction of sp³-hybridized carbons (Fsp3) is 0.263. The molecule has 1 fully saturated rings. The largest absolute Gasteiger partial charge is 0.495 e. The molecule has 3 N–H and O–H groups in total. The third kappa shape index (κ3) is 3.69. The number of methoxy groups -OCH3 is 1. The number of pyridine rings is 1. The van der Waals surface area contributed by atoms with E-state index in [1.807, 2.05) is 0 Å². The van der Waals surface area contributed by atoms with Crippen molar-refractivity contribution in [3.05, 3.63) is 48.2 Å². The maximum Gasteiger partial charge on any atom is 0.239 e. The number of aromatic nitrogens is 3. The first kappa shape index (κ1) is 20.7. The average Bonchev–Trinajstić information content (AvgIpc) is 2.72. The predicted octanol–water partition coefficient (Wildman–Crippen LogP) is 1.93. The highest BCUT2D eigenvalue weighted by atomic mass is 32.2. The highest BCUT2D eigenvalue weighted by molar-refractivity contribution is 7.89. The van der Waals surface area contributed by atoms with Gasteiger partial charge in [0, 0.05) is 24.4 Å². The molecule has 1 saturated heterocycles. The van der Waals surface area contributed by atoms with Gasteiger partial charge in [0.2, 0.25) is 16.0 Å². The van der Waals surface area contributed by atoms with Crippen molar-refractivity contribution in [3.8, 4) is 5.75 Å². The second kappa shape index (κ2) is 7.30. The Kier molecular flexibility index (Phi) is 4.88. The number of sulfonamides is 1. The number of rotatable bonds is 4. The molecule has 3 heterocycles. The Hall–Kier alpha value is -3.54. The van der Waals surface area contributed by atoms with Gasteiger partial charge in [-0.05, 0) is 25.1 Å². The van der Waals surface area contributed by atoms with E-state index in [2.05, 4.69) is 25.6 Å². The number of hydrogen-bond donors (Lipinski definition) is 3. The van der Waals surface area contributed by atoms with E-state index in [1.54, 1.807) is 13.0 Å². The Bertz CT molecular complexity index is 1300. The number of nitrogens with one attached hydrogen (secondary N) is 3. The summed E-state index contributed by atoms with van der Waals surface area (Å²) in [6.45, 7) is 1.54. The molecular weight excluding hydrogens is 425 g/mol. The number of nitrogens with zero attached hydrogens (tertiary/aromatic N) is 4. The maximum absolute atomic E-state index is 14.8. The Morgan fingerprint density at radius 3 is 2.77 bits per heavy atom. The van der Waals surface area contributed by atoms with Crippen LogP contribution in [0.3, 0.4) is 0 Å². The van der Waals surface area contributed by atoms with E-state index in [1.165, 1.54) is 44.9 Å². The van der Waals surface area contributed by atoms with Crippen LogP contribution in [0.15, 0.2) is 36.8 Å². The van der Waals surface area contributed by atoms with E-state index in [4.69, 9.17) is 10.1 Å². The summed E-state index contributed by atoms with van der Waals surface area (Å²) in [6, 6.07) is 5.95. The van der Waals surface area contributed by atoms with E-state index in [9.17, 15) is 12.8 Å². The lowest BCUT2D eigenvalue weighted by Crippen LogP contribution is -2.61. The van der Waals surface area contributed by atoms with Crippen molar-refractivity contribution in [2.24, 2.45) is 0 Å². The number of benzene rings is 1. The number of halogens is 1.